The summed E-state index contributed by atoms with van der Waals surface area (Å²) in [5.41, 5.74) is 18.9. The van der Waals surface area contributed by atoms with Gasteiger partial charge in [0.1, 0.15) is 0 Å². The SMILES string of the molecule is Cc1cc2c3c(c1)N1c4ccc(C(C)(C)C)cc4Sc4cc(C(C)(C)C)cc(c41)B3c1cc(C(C)(C)C)ccc1N2c1ccc(C(C)(C)C)cc1. The Labute approximate surface area is 311 Å². The van der Waals surface area contributed by atoms with Crippen LogP contribution in [0.15, 0.2) is 94.7 Å². The number of rotatable bonds is 1. The van der Waals surface area contributed by atoms with Crippen LogP contribution >= 0.6 is 11.8 Å². The van der Waals surface area contributed by atoms with Crippen LogP contribution in [0, 0.1) is 6.92 Å². The van der Waals surface area contributed by atoms with Crippen LogP contribution in [0.5, 0.6) is 0 Å². The highest BCUT2D eigenvalue weighted by Crippen LogP contribution is 2.55. The molecule has 0 N–H and O–H groups in total. The minimum atomic E-state index is 0.00638. The average molecular weight is 689 g/mol. The van der Waals surface area contributed by atoms with E-state index >= 15 is 0 Å². The molecule has 3 heterocycles. The van der Waals surface area contributed by atoms with Crippen LogP contribution in [0.3, 0.4) is 0 Å². The molecule has 2 nitrogen and oxygen atoms in total. The zero-order valence-electron chi connectivity index (χ0n) is 33.0. The lowest BCUT2D eigenvalue weighted by molar-refractivity contribution is 0.588. The first-order chi connectivity index (χ1) is 23.7. The van der Waals surface area contributed by atoms with E-state index in [1.807, 2.05) is 11.8 Å². The Balaban J connectivity index is 1.48. The lowest BCUT2D eigenvalue weighted by Crippen LogP contribution is -2.62. The van der Waals surface area contributed by atoms with Crippen LogP contribution in [0.25, 0.3) is 0 Å². The second-order valence-electron chi connectivity index (χ2n) is 19.3. The molecule has 260 valence electrons. The third-order valence-corrected chi connectivity index (χ3v) is 12.4. The third-order valence-electron chi connectivity index (χ3n) is 11.3. The normalized spacial score (nSPS) is 15.0. The van der Waals surface area contributed by atoms with Crippen molar-refractivity contribution in [3.8, 4) is 0 Å². The van der Waals surface area contributed by atoms with Gasteiger partial charge in [0, 0.05) is 32.5 Å². The van der Waals surface area contributed by atoms with Gasteiger partial charge in [-0.2, -0.15) is 0 Å². The molecule has 0 amide bonds. The Bertz CT molecular complexity index is 2240. The van der Waals surface area contributed by atoms with Gasteiger partial charge in [0.25, 0.3) is 6.71 Å². The number of nitrogens with zero attached hydrogens (tertiary/aromatic N) is 2. The van der Waals surface area contributed by atoms with Gasteiger partial charge < -0.3 is 9.80 Å². The van der Waals surface area contributed by atoms with Crippen molar-refractivity contribution < 1.29 is 0 Å². The highest BCUT2D eigenvalue weighted by atomic mass is 32.2. The Morgan fingerprint density at radius 1 is 0.451 bits per heavy atom. The van der Waals surface area contributed by atoms with Crippen molar-refractivity contribution in [1.82, 2.24) is 0 Å². The monoisotopic (exact) mass is 688 g/mol. The molecule has 4 heteroatoms. The smallest absolute Gasteiger partial charge is 0.252 e. The highest BCUT2D eigenvalue weighted by Gasteiger charge is 2.46. The summed E-state index contributed by atoms with van der Waals surface area (Å²) in [5, 5.41) is 0. The van der Waals surface area contributed by atoms with Gasteiger partial charge in [-0.05, 0) is 121 Å². The number of anilines is 6. The number of benzene rings is 5. The first-order valence-electron chi connectivity index (χ1n) is 18.7. The molecule has 8 rings (SSSR count). The van der Waals surface area contributed by atoms with Gasteiger partial charge in [0.05, 0.1) is 11.4 Å². The number of fused-ring (bicyclic) bond motifs is 6. The lowest BCUT2D eigenvalue weighted by Gasteiger charge is -2.47. The van der Waals surface area contributed by atoms with Crippen LogP contribution in [0.2, 0.25) is 0 Å². The molecule has 5 aromatic rings. The molecule has 0 fully saturated rings. The van der Waals surface area contributed by atoms with E-state index in [0.29, 0.717) is 0 Å². The zero-order valence-corrected chi connectivity index (χ0v) is 33.8. The largest absolute Gasteiger partial charge is 0.311 e. The van der Waals surface area contributed by atoms with Crippen molar-refractivity contribution in [2.45, 2.75) is 121 Å². The minimum absolute atomic E-state index is 0.00638. The Morgan fingerprint density at radius 3 is 1.53 bits per heavy atom. The van der Waals surface area contributed by atoms with Gasteiger partial charge in [0.2, 0.25) is 0 Å². The van der Waals surface area contributed by atoms with E-state index < -0.39 is 0 Å². The minimum Gasteiger partial charge on any atom is -0.311 e. The van der Waals surface area contributed by atoms with E-state index in [1.165, 1.54) is 88.1 Å². The highest BCUT2D eigenvalue weighted by molar-refractivity contribution is 7.99. The Kier molecular flexibility index (Phi) is 7.42. The quantitative estimate of drug-likeness (QED) is 0.159. The predicted molar refractivity (Wildman–Crippen MR) is 224 cm³/mol. The van der Waals surface area contributed by atoms with E-state index in [2.05, 4.69) is 185 Å². The molecule has 3 aliphatic rings. The molecule has 0 spiro atoms. The van der Waals surface area contributed by atoms with E-state index in [9.17, 15) is 0 Å². The molecule has 0 aliphatic carbocycles. The molecule has 3 aliphatic heterocycles. The standard InChI is InChI=1S/C47H53BN2S/c1-28-22-38-42-39(23-28)50-37-21-17-31(46(8,9)10)26-40(37)51-41-27-32(47(11,12)13)25-35(43(41)50)48(42)34-24-30(45(5,6)7)16-20-36(34)49(38)33-18-14-29(15-19-33)44(2,3)4/h14-27H,1-13H3. The third kappa shape index (κ3) is 5.47. The molecule has 0 saturated carbocycles. The maximum absolute atomic E-state index is 2.62. The van der Waals surface area contributed by atoms with E-state index in [1.54, 1.807) is 0 Å². The molecule has 0 bridgehead atoms. The summed E-state index contributed by atoms with van der Waals surface area (Å²) in [6.45, 7) is 30.3. The lowest BCUT2D eigenvalue weighted by atomic mass is 9.33. The maximum Gasteiger partial charge on any atom is 0.252 e. The summed E-state index contributed by atoms with van der Waals surface area (Å²) in [7, 11) is 0. The second-order valence-corrected chi connectivity index (χ2v) is 20.4. The van der Waals surface area contributed by atoms with Gasteiger partial charge in [-0.25, -0.2) is 0 Å². The van der Waals surface area contributed by atoms with Crippen LogP contribution in [-0.2, 0) is 21.7 Å². The van der Waals surface area contributed by atoms with Crippen molar-refractivity contribution in [3.05, 3.63) is 113 Å². The molecule has 0 atom stereocenters. The van der Waals surface area contributed by atoms with E-state index in [-0.39, 0.29) is 28.4 Å². The van der Waals surface area contributed by atoms with E-state index in [0.717, 1.165) is 0 Å². The van der Waals surface area contributed by atoms with Crippen LogP contribution in [-0.4, -0.2) is 6.71 Å². The first-order valence-corrected chi connectivity index (χ1v) is 19.5. The molecule has 0 radical (unpaired) electrons. The molecular formula is C47H53BN2S. The van der Waals surface area contributed by atoms with Gasteiger partial charge in [-0.1, -0.05) is 131 Å². The van der Waals surface area contributed by atoms with E-state index in [4.69, 9.17) is 0 Å². The van der Waals surface area contributed by atoms with Crippen molar-refractivity contribution in [2.75, 3.05) is 9.80 Å². The summed E-state index contributed by atoms with van der Waals surface area (Å²) in [6.07, 6.45) is 0. The molecule has 5 aromatic carbocycles. The van der Waals surface area contributed by atoms with Crippen molar-refractivity contribution in [1.29, 1.82) is 0 Å². The average Bonchev–Trinajstić information content (AvgIpc) is 3.03. The molecule has 0 unspecified atom stereocenters. The summed E-state index contributed by atoms with van der Waals surface area (Å²) in [6, 6.07) is 33.8. The van der Waals surface area contributed by atoms with Crippen LogP contribution in [0.1, 0.15) is 111 Å². The van der Waals surface area contributed by atoms with Gasteiger partial charge in [0.15, 0.2) is 0 Å². The van der Waals surface area contributed by atoms with Gasteiger partial charge >= 0.3 is 0 Å². The number of hydrogen-bond acceptors (Lipinski definition) is 3. The first kappa shape index (κ1) is 34.2. The molecule has 0 aromatic heterocycles. The Morgan fingerprint density at radius 2 is 0.941 bits per heavy atom. The van der Waals surface area contributed by atoms with Crippen LogP contribution < -0.4 is 26.2 Å². The maximum atomic E-state index is 2.62. The van der Waals surface area contributed by atoms with Gasteiger partial charge in [-0.3, -0.25) is 0 Å². The number of aryl methyl sites for hydroxylation is 1. The fraction of sp³-hybridized carbons (Fsp3) is 0.362. The molecule has 51 heavy (non-hydrogen) atoms. The second kappa shape index (κ2) is 11.1. The Hall–Kier alpha value is -3.89. The topological polar surface area (TPSA) is 6.48 Å². The predicted octanol–water partition coefficient (Wildman–Crippen LogP) is 11.7. The summed E-state index contributed by atoms with van der Waals surface area (Å²) in [5.74, 6) is 0. The fourth-order valence-electron chi connectivity index (χ4n) is 8.21. The fourth-order valence-corrected chi connectivity index (χ4v) is 9.39. The van der Waals surface area contributed by atoms with Crippen molar-refractivity contribution in [2.24, 2.45) is 0 Å². The van der Waals surface area contributed by atoms with Crippen LogP contribution in [0.4, 0.5) is 34.1 Å². The van der Waals surface area contributed by atoms with Crippen molar-refractivity contribution >= 4 is 69.0 Å². The zero-order chi connectivity index (χ0) is 36.6. The van der Waals surface area contributed by atoms with Crippen molar-refractivity contribution in [3.63, 3.8) is 0 Å². The summed E-state index contributed by atoms with van der Waals surface area (Å²) >= 11 is 1.96. The van der Waals surface area contributed by atoms with Gasteiger partial charge in [-0.15, -0.1) is 0 Å². The summed E-state index contributed by atoms with van der Waals surface area (Å²) < 4.78 is 0. The molecule has 0 saturated heterocycles. The molecular weight excluding hydrogens is 635 g/mol. The number of hydrogen-bond donors (Lipinski definition) is 0. The summed E-state index contributed by atoms with van der Waals surface area (Å²) in [4.78, 5) is 7.87.